The summed E-state index contributed by atoms with van der Waals surface area (Å²) in [4.78, 5) is 26.0. The van der Waals surface area contributed by atoms with Crippen LogP contribution in [0.2, 0.25) is 0 Å². The molecule has 9 heteroatoms. The molecule has 0 spiro atoms. The Balaban J connectivity index is 1.32. The van der Waals surface area contributed by atoms with Gasteiger partial charge in [-0.3, -0.25) is 9.88 Å². The summed E-state index contributed by atoms with van der Waals surface area (Å²) >= 11 is 1.84. The van der Waals surface area contributed by atoms with Gasteiger partial charge in [0.05, 0.1) is 11.9 Å². The van der Waals surface area contributed by atoms with Crippen molar-refractivity contribution >= 4 is 27.4 Å². The fourth-order valence-corrected chi connectivity index (χ4v) is 5.81. The monoisotopic (exact) mass is 433 g/mol. The third-order valence-electron chi connectivity index (χ3n) is 6.07. The molecule has 0 amide bonds. The summed E-state index contributed by atoms with van der Waals surface area (Å²) in [5.41, 5.74) is 2.43. The smallest absolute Gasteiger partial charge is 0.223 e. The van der Waals surface area contributed by atoms with E-state index in [1.807, 2.05) is 36.6 Å². The van der Waals surface area contributed by atoms with Crippen molar-refractivity contribution in [2.24, 2.45) is 0 Å². The number of nitrogens with zero attached hydrogens (tertiary/aromatic N) is 7. The summed E-state index contributed by atoms with van der Waals surface area (Å²) < 4.78 is 5.11. The molecule has 0 radical (unpaired) electrons. The van der Waals surface area contributed by atoms with Crippen molar-refractivity contribution in [1.82, 2.24) is 30.0 Å². The number of pyridine rings is 1. The molecule has 1 fully saturated rings. The molecule has 0 saturated carbocycles. The second-order valence-electron chi connectivity index (χ2n) is 8.14. The molecule has 158 valence electrons. The first-order valence-corrected chi connectivity index (χ1v) is 11.6. The number of piperazine rings is 1. The van der Waals surface area contributed by atoms with Crippen LogP contribution in [0.1, 0.15) is 28.6 Å². The van der Waals surface area contributed by atoms with Crippen LogP contribution in [-0.2, 0) is 19.4 Å². The Bertz CT molecular complexity index is 1230. The van der Waals surface area contributed by atoms with Crippen molar-refractivity contribution in [3.05, 3.63) is 46.7 Å². The van der Waals surface area contributed by atoms with Crippen molar-refractivity contribution in [3.8, 4) is 11.4 Å². The quantitative estimate of drug-likeness (QED) is 0.485. The summed E-state index contributed by atoms with van der Waals surface area (Å²) in [6.45, 7) is 6.26. The average molecular weight is 434 g/mol. The third kappa shape index (κ3) is 3.47. The number of rotatable bonds is 4. The van der Waals surface area contributed by atoms with Gasteiger partial charge in [0.2, 0.25) is 5.89 Å². The Morgan fingerprint density at radius 1 is 1.10 bits per heavy atom. The van der Waals surface area contributed by atoms with E-state index < -0.39 is 0 Å². The molecule has 1 aliphatic carbocycles. The Labute approximate surface area is 184 Å². The molecular weight excluding hydrogens is 410 g/mol. The maximum atomic E-state index is 5.11. The molecule has 4 aromatic heterocycles. The van der Waals surface area contributed by atoms with Gasteiger partial charge in [0, 0.05) is 55.9 Å². The Morgan fingerprint density at radius 3 is 2.77 bits per heavy atom. The molecule has 4 aromatic rings. The standard InChI is InChI=1S/C22H23N7OS/c1-14-24-18(27-30-14)13-28-8-10-29(11-9-28)21-19-16-5-2-6-17(16)31-22(19)26-20(25-21)15-4-3-7-23-12-15/h3-4,7,12H,2,5-6,8-11,13H2,1H3. The predicted octanol–water partition coefficient (Wildman–Crippen LogP) is 3.26. The molecule has 2 aliphatic rings. The van der Waals surface area contributed by atoms with Gasteiger partial charge in [-0.2, -0.15) is 4.98 Å². The predicted molar refractivity (Wildman–Crippen MR) is 119 cm³/mol. The van der Waals surface area contributed by atoms with Gasteiger partial charge in [0.1, 0.15) is 10.6 Å². The summed E-state index contributed by atoms with van der Waals surface area (Å²) in [5.74, 6) is 3.22. The van der Waals surface area contributed by atoms with E-state index in [-0.39, 0.29) is 0 Å². The second kappa shape index (κ2) is 7.65. The maximum Gasteiger partial charge on any atom is 0.223 e. The molecule has 6 rings (SSSR count). The summed E-state index contributed by atoms with van der Waals surface area (Å²) in [7, 11) is 0. The SMILES string of the molecule is Cc1nc(CN2CCN(c3nc(-c4cccnc4)nc4sc5c(c34)CCC5)CC2)no1. The third-order valence-corrected chi connectivity index (χ3v) is 7.26. The lowest BCUT2D eigenvalue weighted by Crippen LogP contribution is -2.46. The van der Waals surface area contributed by atoms with E-state index in [0.29, 0.717) is 5.89 Å². The van der Waals surface area contributed by atoms with E-state index in [1.54, 1.807) is 6.20 Å². The Hall–Kier alpha value is -2.91. The van der Waals surface area contributed by atoms with Gasteiger partial charge >= 0.3 is 0 Å². The zero-order valence-electron chi connectivity index (χ0n) is 17.4. The van der Waals surface area contributed by atoms with Gasteiger partial charge < -0.3 is 9.42 Å². The molecule has 1 aliphatic heterocycles. The fourth-order valence-electron chi connectivity index (χ4n) is 4.55. The molecule has 0 unspecified atom stereocenters. The van der Waals surface area contributed by atoms with E-state index in [4.69, 9.17) is 14.5 Å². The van der Waals surface area contributed by atoms with Crippen LogP contribution >= 0.6 is 11.3 Å². The van der Waals surface area contributed by atoms with Crippen LogP contribution in [0.25, 0.3) is 21.6 Å². The molecule has 5 heterocycles. The largest absolute Gasteiger partial charge is 0.353 e. The molecule has 0 atom stereocenters. The van der Waals surface area contributed by atoms with Gasteiger partial charge in [-0.1, -0.05) is 5.16 Å². The lowest BCUT2D eigenvalue weighted by atomic mass is 10.1. The van der Waals surface area contributed by atoms with Crippen LogP contribution in [0.5, 0.6) is 0 Å². The molecule has 8 nitrogen and oxygen atoms in total. The highest BCUT2D eigenvalue weighted by Gasteiger charge is 2.27. The molecule has 31 heavy (non-hydrogen) atoms. The normalized spacial score (nSPS) is 16.9. The van der Waals surface area contributed by atoms with Crippen LogP contribution in [0.15, 0.2) is 29.0 Å². The minimum atomic E-state index is 0.617. The van der Waals surface area contributed by atoms with Crippen LogP contribution in [-0.4, -0.2) is 56.2 Å². The van der Waals surface area contributed by atoms with Gasteiger partial charge in [0.25, 0.3) is 0 Å². The van der Waals surface area contributed by atoms with Gasteiger partial charge in [-0.05, 0) is 37.0 Å². The maximum absolute atomic E-state index is 5.11. The highest BCUT2D eigenvalue weighted by atomic mass is 32.1. The topological polar surface area (TPSA) is 84.1 Å². The van der Waals surface area contributed by atoms with Gasteiger partial charge in [-0.15, -0.1) is 11.3 Å². The molecular formula is C22H23N7OS. The van der Waals surface area contributed by atoms with E-state index in [9.17, 15) is 0 Å². The zero-order valence-corrected chi connectivity index (χ0v) is 18.2. The van der Waals surface area contributed by atoms with Crippen LogP contribution in [0, 0.1) is 6.92 Å². The summed E-state index contributed by atoms with van der Waals surface area (Å²) in [5, 5.41) is 5.31. The average Bonchev–Trinajstić information content (AvgIpc) is 3.50. The van der Waals surface area contributed by atoms with Crippen molar-refractivity contribution in [2.45, 2.75) is 32.7 Å². The second-order valence-corrected chi connectivity index (χ2v) is 9.23. The van der Waals surface area contributed by atoms with Crippen molar-refractivity contribution in [2.75, 3.05) is 31.1 Å². The summed E-state index contributed by atoms with van der Waals surface area (Å²) in [6, 6.07) is 3.97. The summed E-state index contributed by atoms with van der Waals surface area (Å²) in [6.07, 6.45) is 7.16. The number of aromatic nitrogens is 5. The molecule has 0 N–H and O–H groups in total. The van der Waals surface area contributed by atoms with Crippen molar-refractivity contribution < 1.29 is 4.52 Å². The first-order chi connectivity index (χ1) is 15.2. The van der Waals surface area contributed by atoms with E-state index >= 15 is 0 Å². The molecule has 1 saturated heterocycles. The van der Waals surface area contributed by atoms with Crippen LogP contribution in [0.3, 0.4) is 0 Å². The number of hydrogen-bond acceptors (Lipinski definition) is 9. The number of aryl methyl sites for hydroxylation is 3. The number of hydrogen-bond donors (Lipinski definition) is 0. The van der Waals surface area contributed by atoms with E-state index in [1.165, 1.54) is 22.2 Å². The fraction of sp³-hybridized carbons (Fsp3) is 0.409. The molecule has 0 aromatic carbocycles. The molecule has 0 bridgehead atoms. The van der Waals surface area contributed by atoms with Crippen molar-refractivity contribution in [1.29, 1.82) is 0 Å². The number of thiophene rings is 1. The first kappa shape index (κ1) is 18.8. The highest BCUT2D eigenvalue weighted by Crippen LogP contribution is 2.41. The van der Waals surface area contributed by atoms with Gasteiger partial charge in [-0.25, -0.2) is 9.97 Å². The van der Waals surface area contributed by atoms with Crippen LogP contribution in [0.4, 0.5) is 5.82 Å². The zero-order chi connectivity index (χ0) is 20.8. The Morgan fingerprint density at radius 2 is 2.00 bits per heavy atom. The van der Waals surface area contributed by atoms with E-state index in [2.05, 4.69) is 24.9 Å². The number of anilines is 1. The minimum Gasteiger partial charge on any atom is -0.353 e. The lowest BCUT2D eigenvalue weighted by Gasteiger charge is -2.35. The lowest BCUT2D eigenvalue weighted by molar-refractivity contribution is 0.239. The van der Waals surface area contributed by atoms with Gasteiger partial charge in [0.15, 0.2) is 11.6 Å². The van der Waals surface area contributed by atoms with E-state index in [0.717, 1.165) is 73.4 Å². The Kier molecular flexibility index (Phi) is 4.65. The van der Waals surface area contributed by atoms with Crippen molar-refractivity contribution in [3.63, 3.8) is 0 Å². The highest BCUT2D eigenvalue weighted by molar-refractivity contribution is 7.19. The number of fused-ring (bicyclic) bond motifs is 3. The minimum absolute atomic E-state index is 0.617. The van der Waals surface area contributed by atoms with Crippen LogP contribution < -0.4 is 4.90 Å². The first-order valence-electron chi connectivity index (χ1n) is 10.7.